The van der Waals surface area contributed by atoms with Crippen molar-refractivity contribution < 1.29 is 14.3 Å². The third kappa shape index (κ3) is 4.32. The van der Waals surface area contributed by atoms with Crippen molar-refractivity contribution in [1.82, 2.24) is 10.9 Å². The van der Waals surface area contributed by atoms with Crippen molar-refractivity contribution in [3.63, 3.8) is 0 Å². The zero-order chi connectivity index (χ0) is 16.8. The van der Waals surface area contributed by atoms with E-state index in [4.69, 9.17) is 4.74 Å². The molecule has 0 saturated heterocycles. The number of aryl methyl sites for hydroxylation is 1. The summed E-state index contributed by atoms with van der Waals surface area (Å²) < 4.78 is 5.66. The van der Waals surface area contributed by atoms with Gasteiger partial charge in [-0.15, -0.1) is 0 Å². The van der Waals surface area contributed by atoms with E-state index >= 15 is 0 Å². The van der Waals surface area contributed by atoms with Crippen LogP contribution >= 0.6 is 0 Å². The molecule has 1 atom stereocenters. The summed E-state index contributed by atoms with van der Waals surface area (Å²) >= 11 is 0. The smallest absolute Gasteiger partial charge is 0.279 e. The number of hydrogen-bond acceptors (Lipinski definition) is 3. The fourth-order valence-electron chi connectivity index (χ4n) is 1.98. The minimum absolute atomic E-state index is 0.377. The number of nitrogens with one attached hydrogen (secondary N) is 2. The first-order valence-corrected chi connectivity index (χ1v) is 7.37. The second-order valence-electron chi connectivity index (χ2n) is 5.27. The van der Waals surface area contributed by atoms with Gasteiger partial charge in [-0.3, -0.25) is 20.4 Å². The minimum Gasteiger partial charge on any atom is -0.481 e. The summed E-state index contributed by atoms with van der Waals surface area (Å²) in [5.74, 6) is -0.143. The quantitative estimate of drug-likeness (QED) is 0.853. The zero-order valence-electron chi connectivity index (χ0n) is 13.4. The molecule has 2 aromatic rings. The molecule has 23 heavy (non-hydrogen) atoms. The first-order valence-electron chi connectivity index (χ1n) is 7.37. The topological polar surface area (TPSA) is 67.4 Å². The number of rotatable bonds is 4. The molecule has 0 aliphatic rings. The van der Waals surface area contributed by atoms with Crippen LogP contribution < -0.4 is 15.6 Å². The number of benzene rings is 2. The van der Waals surface area contributed by atoms with Crippen LogP contribution in [0.5, 0.6) is 5.75 Å². The molecule has 0 unspecified atom stereocenters. The van der Waals surface area contributed by atoms with E-state index in [9.17, 15) is 9.59 Å². The van der Waals surface area contributed by atoms with E-state index in [1.807, 2.05) is 38.1 Å². The molecule has 0 saturated carbocycles. The van der Waals surface area contributed by atoms with Crippen molar-refractivity contribution in [2.45, 2.75) is 26.9 Å². The van der Waals surface area contributed by atoms with Crippen molar-refractivity contribution in [3.8, 4) is 5.75 Å². The van der Waals surface area contributed by atoms with Crippen LogP contribution in [0, 0.1) is 13.8 Å². The second kappa shape index (κ2) is 7.45. The van der Waals surface area contributed by atoms with Gasteiger partial charge >= 0.3 is 0 Å². The molecule has 2 aromatic carbocycles. The molecule has 0 aromatic heterocycles. The molecule has 120 valence electrons. The van der Waals surface area contributed by atoms with Gasteiger partial charge in [0.05, 0.1) is 0 Å². The molecule has 0 aliphatic heterocycles. The number of hydrogen-bond donors (Lipinski definition) is 2. The Hall–Kier alpha value is -2.82. The van der Waals surface area contributed by atoms with Crippen molar-refractivity contribution in [1.29, 1.82) is 0 Å². The molecule has 5 heteroatoms. The molecule has 0 spiro atoms. The van der Waals surface area contributed by atoms with Gasteiger partial charge in [-0.05, 0) is 50.1 Å². The lowest BCUT2D eigenvalue weighted by Crippen LogP contribution is -2.47. The number of carbonyl (C=O) groups is 2. The van der Waals surface area contributed by atoms with Gasteiger partial charge in [0.2, 0.25) is 0 Å². The van der Waals surface area contributed by atoms with Crippen molar-refractivity contribution in [2.75, 3.05) is 0 Å². The molecule has 0 bridgehead atoms. The lowest BCUT2D eigenvalue weighted by atomic mass is 10.1. The monoisotopic (exact) mass is 312 g/mol. The van der Waals surface area contributed by atoms with Gasteiger partial charge in [0.1, 0.15) is 5.75 Å². The lowest BCUT2D eigenvalue weighted by molar-refractivity contribution is -0.128. The van der Waals surface area contributed by atoms with Crippen LogP contribution in [0.2, 0.25) is 0 Å². The highest BCUT2D eigenvalue weighted by molar-refractivity contribution is 5.95. The first kappa shape index (κ1) is 16.5. The van der Waals surface area contributed by atoms with Gasteiger partial charge in [-0.2, -0.15) is 0 Å². The van der Waals surface area contributed by atoms with Crippen molar-refractivity contribution >= 4 is 11.8 Å². The lowest BCUT2D eigenvalue weighted by Gasteiger charge is -2.17. The Kier molecular flexibility index (Phi) is 5.36. The maximum absolute atomic E-state index is 12.0. The van der Waals surface area contributed by atoms with Crippen LogP contribution in [0.1, 0.15) is 28.4 Å². The van der Waals surface area contributed by atoms with Crippen LogP contribution in [0.25, 0.3) is 0 Å². The van der Waals surface area contributed by atoms with E-state index in [0.29, 0.717) is 11.3 Å². The van der Waals surface area contributed by atoms with Crippen molar-refractivity contribution in [3.05, 3.63) is 65.2 Å². The summed E-state index contributed by atoms with van der Waals surface area (Å²) in [6, 6.07) is 14.3. The molecular formula is C18H20N2O3. The summed E-state index contributed by atoms with van der Waals surface area (Å²) in [5, 5.41) is 0. The molecule has 2 rings (SSSR count). The van der Waals surface area contributed by atoms with Crippen LogP contribution in [0.4, 0.5) is 0 Å². The van der Waals surface area contributed by atoms with Gasteiger partial charge in [-0.25, -0.2) is 0 Å². The van der Waals surface area contributed by atoms with E-state index < -0.39 is 12.0 Å². The van der Waals surface area contributed by atoms with Crippen LogP contribution in [-0.4, -0.2) is 17.9 Å². The second-order valence-corrected chi connectivity index (χ2v) is 5.27. The predicted octanol–water partition coefficient (Wildman–Crippen LogP) is 2.53. The minimum atomic E-state index is -0.730. The molecular weight excluding hydrogens is 292 g/mol. The summed E-state index contributed by atoms with van der Waals surface area (Å²) in [4.78, 5) is 23.9. The number of carbonyl (C=O) groups excluding carboxylic acids is 2. The SMILES string of the molecule is Cc1cccc(O[C@@H](C)C(=O)NNC(=O)c2ccccc2)c1C. The highest BCUT2D eigenvalue weighted by Gasteiger charge is 2.17. The fourth-order valence-corrected chi connectivity index (χ4v) is 1.98. The van der Waals surface area contributed by atoms with Gasteiger partial charge in [0.25, 0.3) is 11.8 Å². The van der Waals surface area contributed by atoms with Gasteiger partial charge in [0.15, 0.2) is 6.10 Å². The van der Waals surface area contributed by atoms with Gasteiger partial charge in [0, 0.05) is 5.56 Å². The number of amides is 2. The third-order valence-corrected chi connectivity index (χ3v) is 3.56. The third-order valence-electron chi connectivity index (χ3n) is 3.56. The standard InChI is InChI=1S/C18H20N2O3/c1-12-8-7-11-16(13(12)2)23-14(3)17(21)19-20-18(22)15-9-5-4-6-10-15/h4-11,14H,1-3H3,(H,19,21)(H,20,22)/t14-/m0/s1. The van der Waals surface area contributed by atoms with Crippen molar-refractivity contribution in [2.24, 2.45) is 0 Å². The number of ether oxygens (including phenoxy) is 1. The molecule has 0 fully saturated rings. The Morgan fingerprint density at radius 1 is 0.957 bits per heavy atom. The van der Waals surface area contributed by atoms with E-state index in [2.05, 4.69) is 10.9 Å². The summed E-state index contributed by atoms with van der Waals surface area (Å²) in [6.07, 6.45) is -0.730. The molecule has 2 N–H and O–H groups in total. The summed E-state index contributed by atoms with van der Waals surface area (Å²) in [6.45, 7) is 5.55. The highest BCUT2D eigenvalue weighted by Crippen LogP contribution is 2.21. The Balaban J connectivity index is 1.90. The van der Waals surface area contributed by atoms with E-state index in [1.165, 1.54) is 0 Å². The maximum Gasteiger partial charge on any atom is 0.279 e. The van der Waals surface area contributed by atoms with Crippen LogP contribution in [0.15, 0.2) is 48.5 Å². The Morgan fingerprint density at radius 2 is 1.65 bits per heavy atom. The largest absolute Gasteiger partial charge is 0.481 e. The first-order chi connectivity index (χ1) is 11.0. The average Bonchev–Trinajstić information content (AvgIpc) is 2.57. The normalized spacial score (nSPS) is 11.4. The van der Waals surface area contributed by atoms with E-state index in [0.717, 1.165) is 11.1 Å². The average molecular weight is 312 g/mol. The highest BCUT2D eigenvalue weighted by atomic mass is 16.5. The Labute approximate surface area is 135 Å². The number of hydrazine groups is 1. The molecule has 5 nitrogen and oxygen atoms in total. The van der Waals surface area contributed by atoms with Gasteiger partial charge < -0.3 is 4.74 Å². The molecule has 0 radical (unpaired) electrons. The van der Waals surface area contributed by atoms with E-state index in [-0.39, 0.29) is 5.91 Å². The Morgan fingerprint density at radius 3 is 2.35 bits per heavy atom. The Bertz CT molecular complexity index is 699. The van der Waals surface area contributed by atoms with Crippen LogP contribution in [-0.2, 0) is 4.79 Å². The molecule has 0 aliphatic carbocycles. The zero-order valence-corrected chi connectivity index (χ0v) is 13.4. The molecule has 0 heterocycles. The van der Waals surface area contributed by atoms with Gasteiger partial charge in [-0.1, -0.05) is 30.3 Å². The summed E-state index contributed by atoms with van der Waals surface area (Å²) in [7, 11) is 0. The predicted molar refractivity (Wildman–Crippen MR) is 88.1 cm³/mol. The van der Waals surface area contributed by atoms with E-state index in [1.54, 1.807) is 31.2 Å². The van der Waals surface area contributed by atoms with Crippen LogP contribution in [0.3, 0.4) is 0 Å². The maximum atomic E-state index is 12.0. The fraction of sp³-hybridized carbons (Fsp3) is 0.222. The molecule has 2 amide bonds. The summed E-state index contributed by atoms with van der Waals surface area (Å²) in [5.41, 5.74) is 7.29.